The van der Waals surface area contributed by atoms with Crippen LogP contribution in [0.3, 0.4) is 0 Å². The molecule has 0 amide bonds. The molecule has 0 saturated heterocycles. The third kappa shape index (κ3) is 34.8. The van der Waals surface area contributed by atoms with E-state index in [0.717, 1.165) is 12.8 Å². The van der Waals surface area contributed by atoms with Gasteiger partial charge in [-0.05, 0) is 41.0 Å². The zero-order valence-electron chi connectivity index (χ0n) is 23.2. The molecule has 0 heterocycles. The van der Waals surface area contributed by atoms with Crippen molar-refractivity contribution in [3.8, 4) is 0 Å². The van der Waals surface area contributed by atoms with Crippen LogP contribution >= 0.6 is 0 Å². The summed E-state index contributed by atoms with van der Waals surface area (Å²) in [6.07, 6.45) is 32.0. The lowest BCUT2D eigenvalue weighted by molar-refractivity contribution is -0.829. The van der Waals surface area contributed by atoms with Gasteiger partial charge in [-0.15, -0.1) is 0 Å². The first-order valence-electron chi connectivity index (χ1n) is 14.2. The average Bonchev–Trinajstić information content (AvgIpc) is 2.91. The van der Waals surface area contributed by atoms with Crippen molar-refractivity contribution in [2.24, 2.45) is 0 Å². The van der Waals surface area contributed by atoms with Crippen LogP contribution in [0.5, 0.6) is 0 Å². The minimum atomic E-state index is 0.105. The van der Waals surface area contributed by atoms with Gasteiger partial charge in [-0.3, -0.25) is 0 Å². The van der Waals surface area contributed by atoms with Gasteiger partial charge in [0.05, 0.1) is 6.26 Å². The van der Waals surface area contributed by atoms with Crippen LogP contribution in [0.4, 0.5) is 0 Å². The number of ether oxygens (including phenoxy) is 1. The van der Waals surface area contributed by atoms with Crippen LogP contribution in [-0.4, -0.2) is 13.2 Å². The summed E-state index contributed by atoms with van der Waals surface area (Å²) in [5.74, 6) is 0. The summed E-state index contributed by atoms with van der Waals surface area (Å²) in [5, 5.41) is 28.0. The second-order valence-corrected chi connectivity index (χ2v) is 8.91. The van der Waals surface area contributed by atoms with E-state index in [4.69, 9.17) is 4.74 Å². The van der Waals surface area contributed by atoms with Crippen LogP contribution in [0.1, 0.15) is 136 Å². The Morgan fingerprint density at radius 1 is 0.459 bits per heavy atom. The van der Waals surface area contributed by atoms with Crippen LogP contribution < -0.4 is 0 Å². The summed E-state index contributed by atoms with van der Waals surface area (Å²) in [4.78, 5) is 9.07. The SMILES string of the molecule is CC=COCCOOOOOOOOOC=CCCCCCCCCCCCCCCCCCCCC. The molecule has 0 saturated carbocycles. The number of allylic oxidation sites excluding steroid dienone is 2. The summed E-state index contributed by atoms with van der Waals surface area (Å²) < 4.78 is 4.95. The predicted octanol–water partition coefficient (Wildman–Crippen LogP) is 8.95. The highest BCUT2D eigenvalue weighted by molar-refractivity contribution is 4.71. The van der Waals surface area contributed by atoms with Gasteiger partial charge in [0, 0.05) is 20.2 Å². The fourth-order valence-electron chi connectivity index (χ4n) is 3.67. The highest BCUT2D eigenvalue weighted by Crippen LogP contribution is 2.14. The summed E-state index contributed by atoms with van der Waals surface area (Å²) in [5.41, 5.74) is 0. The van der Waals surface area contributed by atoms with Gasteiger partial charge in [0.1, 0.15) is 19.5 Å². The second-order valence-electron chi connectivity index (χ2n) is 8.91. The molecule has 37 heavy (non-hydrogen) atoms. The van der Waals surface area contributed by atoms with E-state index >= 15 is 0 Å². The molecule has 0 rings (SSSR count). The van der Waals surface area contributed by atoms with Gasteiger partial charge in [-0.1, -0.05) is 122 Å². The normalized spacial score (nSPS) is 11.7. The highest BCUT2D eigenvalue weighted by atomic mass is 17.9. The molecule has 0 bridgehead atoms. The maximum absolute atomic E-state index is 4.95. The molecule has 0 atom stereocenters. The summed E-state index contributed by atoms with van der Waals surface area (Å²) in [6, 6.07) is 0. The van der Waals surface area contributed by atoms with E-state index in [9.17, 15) is 0 Å². The number of unbranched alkanes of at least 4 members (excludes halogenated alkanes) is 18. The van der Waals surface area contributed by atoms with Gasteiger partial charge < -0.3 is 9.62 Å². The fraction of sp³-hybridized carbons (Fsp3) is 0.852. The molecule has 0 fully saturated rings. The standard InChI is InChI=1S/C27H52O10/c1-3-5-6-7-8-9-10-11-12-13-14-15-16-17-18-19-20-21-22-23-25-29-31-33-35-37-36-34-32-30-27-26-28-24-4-2/h4,23-25H,3,5-22,26-27H2,1-2H3. The Morgan fingerprint density at radius 2 is 0.919 bits per heavy atom. The van der Waals surface area contributed by atoms with E-state index in [0.29, 0.717) is 0 Å². The topological polar surface area (TPSA) is 92.3 Å². The molecule has 0 unspecified atom stereocenters. The Morgan fingerprint density at radius 3 is 1.43 bits per heavy atom. The molecule has 0 aromatic carbocycles. The molecule has 0 N–H and O–H groups in total. The first-order valence-corrected chi connectivity index (χ1v) is 14.2. The lowest BCUT2D eigenvalue weighted by Gasteiger charge is -2.03. The first-order chi connectivity index (χ1) is 18.4. The minimum Gasteiger partial charge on any atom is -0.499 e. The van der Waals surface area contributed by atoms with Crippen molar-refractivity contribution in [1.82, 2.24) is 0 Å². The molecule has 0 spiro atoms. The quantitative estimate of drug-likeness (QED) is 0.0359. The van der Waals surface area contributed by atoms with Gasteiger partial charge in [0.2, 0.25) is 0 Å². The Balaban J connectivity index is 3.08. The van der Waals surface area contributed by atoms with Crippen LogP contribution in [0, 0.1) is 0 Å². The monoisotopic (exact) mass is 536 g/mol. The van der Waals surface area contributed by atoms with Gasteiger partial charge in [-0.25, -0.2) is 4.89 Å². The Labute approximate surface area is 223 Å². The number of hydrogen-bond acceptors (Lipinski definition) is 10. The largest absolute Gasteiger partial charge is 0.499 e. The van der Waals surface area contributed by atoms with Crippen LogP contribution in [0.25, 0.3) is 0 Å². The number of hydrogen-bond donors (Lipinski definition) is 0. The lowest BCUT2D eigenvalue weighted by atomic mass is 10.0. The molecule has 0 radical (unpaired) electrons. The predicted molar refractivity (Wildman–Crippen MR) is 138 cm³/mol. The van der Waals surface area contributed by atoms with Crippen molar-refractivity contribution in [2.75, 3.05) is 13.2 Å². The maximum atomic E-state index is 4.95. The molecular weight excluding hydrogens is 484 g/mol. The second kappa shape index (κ2) is 34.8. The van der Waals surface area contributed by atoms with Crippen molar-refractivity contribution in [3.05, 3.63) is 24.7 Å². The van der Waals surface area contributed by atoms with E-state index in [2.05, 4.69) is 52.0 Å². The first kappa shape index (κ1) is 35.8. The molecule has 0 aliphatic rings. The van der Waals surface area contributed by atoms with Crippen LogP contribution in [0.15, 0.2) is 24.7 Å². The van der Waals surface area contributed by atoms with Gasteiger partial charge in [-0.2, -0.15) is 0 Å². The molecular formula is C27H52O10. The number of rotatable bonds is 32. The molecule has 0 aliphatic carbocycles. The Bertz CT molecular complexity index is 462. The Kier molecular flexibility index (Phi) is 33.6. The van der Waals surface area contributed by atoms with Gasteiger partial charge in [0.15, 0.2) is 0 Å². The van der Waals surface area contributed by atoms with Gasteiger partial charge in [0.25, 0.3) is 0 Å². The lowest BCUT2D eigenvalue weighted by Crippen LogP contribution is -2.05. The highest BCUT2D eigenvalue weighted by Gasteiger charge is 1.97. The summed E-state index contributed by atoms with van der Waals surface area (Å²) in [7, 11) is 0. The van der Waals surface area contributed by atoms with E-state index in [1.807, 2.05) is 13.0 Å². The minimum absolute atomic E-state index is 0.105. The molecule has 0 aliphatic heterocycles. The molecule has 220 valence electrons. The molecule has 10 nitrogen and oxygen atoms in total. The average molecular weight is 537 g/mol. The zero-order chi connectivity index (χ0) is 26.7. The Hall–Kier alpha value is -1.24. The van der Waals surface area contributed by atoms with Crippen molar-refractivity contribution >= 4 is 0 Å². The molecule has 0 aromatic rings. The van der Waals surface area contributed by atoms with E-state index in [1.54, 1.807) is 6.08 Å². The van der Waals surface area contributed by atoms with Crippen molar-refractivity contribution in [2.45, 2.75) is 136 Å². The molecule has 10 heteroatoms. The van der Waals surface area contributed by atoms with Crippen molar-refractivity contribution in [1.29, 1.82) is 0 Å². The third-order valence-electron chi connectivity index (χ3n) is 5.65. The van der Waals surface area contributed by atoms with E-state index in [1.165, 1.54) is 122 Å². The maximum Gasteiger partial charge on any atom is 0.129 e. The third-order valence-corrected chi connectivity index (χ3v) is 5.65. The zero-order valence-corrected chi connectivity index (χ0v) is 23.2. The summed E-state index contributed by atoms with van der Waals surface area (Å²) >= 11 is 0. The van der Waals surface area contributed by atoms with E-state index < -0.39 is 0 Å². The fourth-order valence-corrected chi connectivity index (χ4v) is 3.67. The van der Waals surface area contributed by atoms with Crippen molar-refractivity contribution < 1.29 is 49.8 Å². The van der Waals surface area contributed by atoms with Crippen molar-refractivity contribution in [3.63, 3.8) is 0 Å². The van der Waals surface area contributed by atoms with Crippen LogP contribution in [0.2, 0.25) is 0 Å². The van der Waals surface area contributed by atoms with E-state index in [-0.39, 0.29) is 13.2 Å². The molecule has 0 aromatic heterocycles. The van der Waals surface area contributed by atoms with Crippen LogP contribution in [-0.2, 0) is 49.8 Å². The summed E-state index contributed by atoms with van der Waals surface area (Å²) in [6.45, 7) is 4.48. The van der Waals surface area contributed by atoms with Gasteiger partial charge >= 0.3 is 0 Å². The smallest absolute Gasteiger partial charge is 0.129 e.